The number of hydrogen-bond acceptors (Lipinski definition) is 5. The van der Waals surface area contributed by atoms with Gasteiger partial charge in [-0.1, -0.05) is 0 Å². The highest BCUT2D eigenvalue weighted by molar-refractivity contribution is 6.19. The SMILES string of the molecule is CNc1ccc2c(c1)N(C(=O)C(C)N)C(=O)C(C)O2. The zero-order valence-corrected chi connectivity index (χ0v) is 11.1. The molecule has 0 saturated carbocycles. The second-order valence-electron chi connectivity index (χ2n) is 4.49. The number of nitrogens with zero attached hydrogens (tertiary/aromatic N) is 1. The van der Waals surface area contributed by atoms with Crippen molar-refractivity contribution in [2.45, 2.75) is 26.0 Å². The van der Waals surface area contributed by atoms with E-state index in [1.807, 2.05) is 6.07 Å². The first-order valence-corrected chi connectivity index (χ1v) is 6.07. The van der Waals surface area contributed by atoms with Crippen molar-refractivity contribution in [2.75, 3.05) is 17.3 Å². The summed E-state index contributed by atoms with van der Waals surface area (Å²) in [4.78, 5) is 25.4. The molecule has 0 radical (unpaired) electrons. The molecule has 1 aromatic rings. The van der Waals surface area contributed by atoms with Crippen LogP contribution in [0.4, 0.5) is 11.4 Å². The van der Waals surface area contributed by atoms with E-state index in [-0.39, 0.29) is 0 Å². The van der Waals surface area contributed by atoms with Gasteiger partial charge in [0.15, 0.2) is 6.10 Å². The van der Waals surface area contributed by atoms with Crippen LogP contribution in [0.15, 0.2) is 18.2 Å². The molecule has 3 N–H and O–H groups in total. The predicted molar refractivity (Wildman–Crippen MR) is 72.2 cm³/mol. The van der Waals surface area contributed by atoms with Crippen molar-refractivity contribution in [3.05, 3.63) is 18.2 Å². The Morgan fingerprint density at radius 1 is 1.53 bits per heavy atom. The number of ether oxygens (including phenoxy) is 1. The molecule has 1 aliphatic rings. The minimum absolute atomic E-state index is 0.400. The highest BCUT2D eigenvalue weighted by Crippen LogP contribution is 2.36. The van der Waals surface area contributed by atoms with Crippen molar-refractivity contribution in [1.29, 1.82) is 0 Å². The lowest BCUT2D eigenvalue weighted by atomic mass is 10.1. The molecule has 1 heterocycles. The Morgan fingerprint density at radius 3 is 2.79 bits per heavy atom. The van der Waals surface area contributed by atoms with Crippen LogP contribution in [0.5, 0.6) is 5.75 Å². The third-order valence-corrected chi connectivity index (χ3v) is 2.97. The molecule has 1 aliphatic heterocycles. The number of hydrogen-bond donors (Lipinski definition) is 2. The van der Waals surface area contributed by atoms with Crippen LogP contribution < -0.4 is 20.7 Å². The maximum absolute atomic E-state index is 12.1. The number of anilines is 2. The highest BCUT2D eigenvalue weighted by Gasteiger charge is 2.36. The van der Waals surface area contributed by atoms with Crippen molar-refractivity contribution in [1.82, 2.24) is 0 Å². The van der Waals surface area contributed by atoms with Crippen molar-refractivity contribution < 1.29 is 14.3 Å². The van der Waals surface area contributed by atoms with E-state index < -0.39 is 24.0 Å². The largest absolute Gasteiger partial charge is 0.479 e. The standard InChI is InChI=1S/C13H17N3O3/c1-7(14)12(17)16-10-6-9(15-3)4-5-11(10)19-8(2)13(16)18/h4-8,15H,14H2,1-3H3. The van der Waals surface area contributed by atoms with Gasteiger partial charge in [0, 0.05) is 12.7 Å². The van der Waals surface area contributed by atoms with Gasteiger partial charge in [0.1, 0.15) is 5.75 Å². The lowest BCUT2D eigenvalue weighted by molar-refractivity contribution is -0.131. The van der Waals surface area contributed by atoms with Gasteiger partial charge in [0.2, 0.25) is 0 Å². The first kappa shape index (κ1) is 13.4. The third kappa shape index (κ3) is 2.26. The van der Waals surface area contributed by atoms with Gasteiger partial charge in [0.05, 0.1) is 11.7 Å². The van der Waals surface area contributed by atoms with Crippen molar-refractivity contribution in [3.63, 3.8) is 0 Å². The monoisotopic (exact) mass is 263 g/mol. The number of amides is 2. The van der Waals surface area contributed by atoms with Gasteiger partial charge in [-0.05, 0) is 32.0 Å². The maximum Gasteiger partial charge on any atom is 0.274 e. The molecule has 2 unspecified atom stereocenters. The summed E-state index contributed by atoms with van der Waals surface area (Å²) in [5.41, 5.74) is 6.81. The lowest BCUT2D eigenvalue weighted by Gasteiger charge is -2.32. The van der Waals surface area contributed by atoms with Crippen LogP contribution >= 0.6 is 0 Å². The van der Waals surface area contributed by atoms with E-state index in [2.05, 4.69) is 5.32 Å². The molecule has 6 heteroatoms. The number of carbonyl (C=O) groups excluding carboxylic acids is 2. The summed E-state index contributed by atoms with van der Waals surface area (Å²) >= 11 is 0. The summed E-state index contributed by atoms with van der Waals surface area (Å²) in [5.74, 6) is -0.335. The molecule has 2 rings (SSSR count). The minimum atomic E-state index is -0.750. The fourth-order valence-electron chi connectivity index (χ4n) is 1.92. The Bertz CT molecular complexity index is 528. The first-order chi connectivity index (χ1) is 8.95. The third-order valence-electron chi connectivity index (χ3n) is 2.97. The fraction of sp³-hybridized carbons (Fsp3) is 0.385. The molecule has 0 aromatic heterocycles. The second-order valence-corrected chi connectivity index (χ2v) is 4.49. The molecule has 2 atom stereocenters. The van der Waals surface area contributed by atoms with Gasteiger partial charge in [-0.3, -0.25) is 9.59 Å². The van der Waals surface area contributed by atoms with E-state index in [1.54, 1.807) is 33.0 Å². The van der Waals surface area contributed by atoms with E-state index in [1.165, 1.54) is 0 Å². The van der Waals surface area contributed by atoms with Crippen LogP contribution in [0.3, 0.4) is 0 Å². The van der Waals surface area contributed by atoms with E-state index in [9.17, 15) is 9.59 Å². The molecule has 0 spiro atoms. The molecule has 2 amide bonds. The topological polar surface area (TPSA) is 84.7 Å². The zero-order chi connectivity index (χ0) is 14.2. The Labute approximate surface area is 111 Å². The number of nitrogens with one attached hydrogen (secondary N) is 1. The number of nitrogens with two attached hydrogens (primary N) is 1. The quantitative estimate of drug-likeness (QED) is 0.821. The van der Waals surface area contributed by atoms with Gasteiger partial charge in [-0.15, -0.1) is 0 Å². The van der Waals surface area contributed by atoms with Gasteiger partial charge in [-0.25, -0.2) is 4.90 Å². The Morgan fingerprint density at radius 2 is 2.21 bits per heavy atom. The highest BCUT2D eigenvalue weighted by atomic mass is 16.5. The van der Waals surface area contributed by atoms with Crippen LogP contribution in [0.2, 0.25) is 0 Å². The smallest absolute Gasteiger partial charge is 0.274 e. The molecule has 19 heavy (non-hydrogen) atoms. The number of benzene rings is 1. The molecule has 102 valence electrons. The number of carbonyl (C=O) groups is 2. The normalized spacial score (nSPS) is 19.5. The van der Waals surface area contributed by atoms with Crippen molar-refractivity contribution in [2.24, 2.45) is 5.73 Å². The van der Waals surface area contributed by atoms with Crippen LogP contribution in [-0.4, -0.2) is 31.0 Å². The van der Waals surface area contributed by atoms with Crippen molar-refractivity contribution >= 4 is 23.2 Å². The van der Waals surface area contributed by atoms with E-state index in [0.717, 1.165) is 10.6 Å². The van der Waals surface area contributed by atoms with E-state index in [4.69, 9.17) is 10.5 Å². The second kappa shape index (κ2) is 4.89. The lowest BCUT2D eigenvalue weighted by Crippen LogP contribution is -2.52. The number of imide groups is 1. The van der Waals surface area contributed by atoms with Gasteiger partial charge in [-0.2, -0.15) is 0 Å². The van der Waals surface area contributed by atoms with Gasteiger partial charge < -0.3 is 15.8 Å². The van der Waals surface area contributed by atoms with Crippen molar-refractivity contribution in [3.8, 4) is 5.75 Å². The van der Waals surface area contributed by atoms with Crippen LogP contribution in [0, 0.1) is 0 Å². The molecule has 0 bridgehead atoms. The number of rotatable bonds is 2. The Hall–Kier alpha value is -2.08. The predicted octanol–water partition coefficient (Wildman–Crippen LogP) is 0.716. The average Bonchev–Trinajstić information content (AvgIpc) is 2.39. The maximum atomic E-state index is 12.1. The van der Waals surface area contributed by atoms with E-state index in [0.29, 0.717) is 11.4 Å². The summed E-state index contributed by atoms with van der Waals surface area (Å²) in [7, 11) is 1.76. The number of fused-ring (bicyclic) bond motifs is 1. The molecule has 6 nitrogen and oxygen atoms in total. The summed E-state index contributed by atoms with van der Waals surface area (Å²) in [6.07, 6.45) is -0.698. The molecule has 0 aliphatic carbocycles. The fourth-order valence-corrected chi connectivity index (χ4v) is 1.92. The van der Waals surface area contributed by atoms with Gasteiger partial charge >= 0.3 is 0 Å². The van der Waals surface area contributed by atoms with E-state index >= 15 is 0 Å². The Kier molecular flexibility index (Phi) is 3.44. The summed E-state index contributed by atoms with van der Waals surface area (Å²) < 4.78 is 5.49. The molecule has 1 aromatic carbocycles. The molecule has 0 fully saturated rings. The minimum Gasteiger partial charge on any atom is -0.479 e. The molecule has 0 saturated heterocycles. The zero-order valence-electron chi connectivity index (χ0n) is 11.1. The summed E-state index contributed by atoms with van der Waals surface area (Å²) in [6, 6.07) is 4.49. The van der Waals surface area contributed by atoms with Crippen LogP contribution in [0.25, 0.3) is 0 Å². The molecular weight excluding hydrogens is 246 g/mol. The molecular formula is C13H17N3O3. The summed E-state index contributed by atoms with van der Waals surface area (Å²) in [6.45, 7) is 3.16. The van der Waals surface area contributed by atoms with Crippen LogP contribution in [0.1, 0.15) is 13.8 Å². The first-order valence-electron chi connectivity index (χ1n) is 6.07. The van der Waals surface area contributed by atoms with Gasteiger partial charge in [0.25, 0.3) is 11.8 Å². The Balaban J connectivity index is 2.53. The van der Waals surface area contributed by atoms with Crippen LogP contribution in [-0.2, 0) is 9.59 Å². The average molecular weight is 263 g/mol. The summed E-state index contributed by atoms with van der Waals surface area (Å²) in [5, 5.41) is 2.96.